The maximum absolute atomic E-state index is 12.3. The van der Waals surface area contributed by atoms with E-state index in [0.29, 0.717) is 22.5 Å². The number of carbonyl (C=O) groups excluding carboxylic acids is 1. The number of benzene rings is 2. The number of aromatic nitrogens is 2. The normalized spacial score (nSPS) is 11.6. The third-order valence-electron chi connectivity index (χ3n) is 3.83. The maximum atomic E-state index is 12.3. The number of aromatic amines is 2. The molecule has 23 heavy (non-hydrogen) atoms. The molecule has 4 nitrogen and oxygen atoms in total. The smallest absolute Gasteiger partial charge is 0.306 e. The average Bonchev–Trinajstić information content (AvgIpc) is 2.92. The Morgan fingerprint density at radius 2 is 1.70 bits per heavy atom. The molecule has 0 aliphatic heterocycles. The molecule has 0 amide bonds. The van der Waals surface area contributed by atoms with Crippen molar-refractivity contribution >= 4 is 22.9 Å². The number of ketones is 1. The van der Waals surface area contributed by atoms with Gasteiger partial charge in [0.25, 0.3) is 0 Å². The summed E-state index contributed by atoms with van der Waals surface area (Å²) < 4.78 is 0. The number of H-pyrrole nitrogens is 2. The number of imidazole rings is 1. The number of fused-ring (bicyclic) bond motifs is 1. The van der Waals surface area contributed by atoms with E-state index < -0.39 is 0 Å². The Balaban J connectivity index is 1.80. The molecule has 4 heteroatoms. The van der Waals surface area contributed by atoms with E-state index in [-0.39, 0.29) is 11.5 Å². The Labute approximate surface area is 133 Å². The maximum Gasteiger partial charge on any atom is 0.323 e. The van der Waals surface area contributed by atoms with Crippen molar-refractivity contribution < 1.29 is 4.79 Å². The van der Waals surface area contributed by atoms with Crippen LogP contribution in [-0.2, 0) is 0 Å². The Morgan fingerprint density at radius 1 is 1.00 bits per heavy atom. The van der Waals surface area contributed by atoms with Crippen molar-refractivity contribution in [1.29, 1.82) is 0 Å². The molecule has 1 aromatic heterocycles. The third kappa shape index (κ3) is 3.31. The standard InChI is InChI=1S/C19H18N2O2/c1-12(2)14-6-3-13(4-7-14)5-10-18(22)15-8-9-16-17(11-15)21-19(23)20-16/h3-12H,1-2H3,(H2,20,21,23)/b10-5+. The van der Waals surface area contributed by atoms with Gasteiger partial charge in [-0.15, -0.1) is 0 Å². The first-order valence-electron chi connectivity index (χ1n) is 7.57. The fourth-order valence-electron chi connectivity index (χ4n) is 2.45. The van der Waals surface area contributed by atoms with Crippen LogP contribution in [0.5, 0.6) is 0 Å². The topological polar surface area (TPSA) is 65.7 Å². The first-order valence-corrected chi connectivity index (χ1v) is 7.57. The second kappa shape index (κ2) is 6.08. The van der Waals surface area contributed by atoms with Crippen LogP contribution in [0, 0.1) is 0 Å². The fraction of sp³-hybridized carbons (Fsp3) is 0.158. The Bertz CT molecular complexity index is 928. The molecule has 2 N–H and O–H groups in total. The van der Waals surface area contributed by atoms with E-state index >= 15 is 0 Å². The van der Waals surface area contributed by atoms with E-state index in [1.54, 1.807) is 30.4 Å². The summed E-state index contributed by atoms with van der Waals surface area (Å²) in [5.41, 5.74) is 3.86. The number of hydrogen-bond donors (Lipinski definition) is 2. The van der Waals surface area contributed by atoms with Crippen molar-refractivity contribution in [3.63, 3.8) is 0 Å². The molecule has 0 radical (unpaired) electrons. The van der Waals surface area contributed by atoms with Crippen LogP contribution in [0.4, 0.5) is 0 Å². The minimum atomic E-state index is -0.273. The van der Waals surface area contributed by atoms with Crippen LogP contribution in [0.3, 0.4) is 0 Å². The average molecular weight is 306 g/mol. The highest BCUT2D eigenvalue weighted by Gasteiger charge is 2.05. The van der Waals surface area contributed by atoms with Crippen molar-refractivity contribution in [3.8, 4) is 0 Å². The number of allylic oxidation sites excluding steroid dienone is 1. The number of nitrogens with one attached hydrogen (secondary N) is 2. The molecular weight excluding hydrogens is 288 g/mol. The van der Waals surface area contributed by atoms with Crippen molar-refractivity contribution in [2.45, 2.75) is 19.8 Å². The first kappa shape index (κ1) is 15.0. The molecule has 0 aliphatic rings. The largest absolute Gasteiger partial charge is 0.323 e. The van der Waals surface area contributed by atoms with Gasteiger partial charge in [0.2, 0.25) is 0 Å². The second-order valence-electron chi connectivity index (χ2n) is 5.86. The molecule has 0 bridgehead atoms. The summed E-state index contributed by atoms with van der Waals surface area (Å²) in [7, 11) is 0. The molecule has 0 unspecified atom stereocenters. The SMILES string of the molecule is CC(C)c1ccc(/C=C/C(=O)c2ccc3[nH]c(=O)[nH]c3c2)cc1. The molecular formula is C19H18N2O2. The molecule has 1 heterocycles. The molecule has 116 valence electrons. The summed E-state index contributed by atoms with van der Waals surface area (Å²) in [5, 5.41) is 0. The van der Waals surface area contributed by atoms with Crippen LogP contribution in [0.25, 0.3) is 17.1 Å². The Morgan fingerprint density at radius 3 is 2.39 bits per heavy atom. The van der Waals surface area contributed by atoms with Gasteiger partial charge in [0.1, 0.15) is 0 Å². The lowest BCUT2D eigenvalue weighted by atomic mass is 10.0. The van der Waals surface area contributed by atoms with E-state index in [1.807, 2.05) is 12.1 Å². The highest BCUT2D eigenvalue weighted by molar-refractivity contribution is 6.08. The summed E-state index contributed by atoms with van der Waals surface area (Å²) in [6, 6.07) is 13.3. The van der Waals surface area contributed by atoms with Gasteiger partial charge < -0.3 is 9.97 Å². The minimum Gasteiger partial charge on any atom is -0.306 e. The van der Waals surface area contributed by atoms with Crippen LogP contribution < -0.4 is 5.69 Å². The van der Waals surface area contributed by atoms with Gasteiger partial charge in [0.15, 0.2) is 5.78 Å². The van der Waals surface area contributed by atoms with Crippen LogP contribution >= 0.6 is 0 Å². The quantitative estimate of drug-likeness (QED) is 0.567. The lowest BCUT2D eigenvalue weighted by Gasteiger charge is -2.04. The van der Waals surface area contributed by atoms with Crippen LogP contribution in [0.1, 0.15) is 41.3 Å². The lowest BCUT2D eigenvalue weighted by Crippen LogP contribution is -1.99. The highest BCUT2D eigenvalue weighted by atomic mass is 16.1. The zero-order valence-electron chi connectivity index (χ0n) is 13.1. The van der Waals surface area contributed by atoms with Crippen LogP contribution in [0.15, 0.2) is 53.3 Å². The Kier molecular flexibility index (Phi) is 3.98. The van der Waals surface area contributed by atoms with Crippen LogP contribution in [0.2, 0.25) is 0 Å². The van der Waals surface area contributed by atoms with Gasteiger partial charge in [0.05, 0.1) is 11.0 Å². The molecule has 2 aromatic carbocycles. The van der Waals surface area contributed by atoms with Crippen molar-refractivity contribution in [2.24, 2.45) is 0 Å². The van der Waals surface area contributed by atoms with Crippen molar-refractivity contribution in [2.75, 3.05) is 0 Å². The monoisotopic (exact) mass is 306 g/mol. The van der Waals surface area contributed by atoms with E-state index in [1.165, 1.54) is 5.56 Å². The van der Waals surface area contributed by atoms with Gasteiger partial charge in [-0.05, 0) is 41.3 Å². The minimum absolute atomic E-state index is 0.0955. The summed E-state index contributed by atoms with van der Waals surface area (Å²) in [5.74, 6) is 0.395. The molecule has 0 atom stereocenters. The molecule has 0 spiro atoms. The summed E-state index contributed by atoms with van der Waals surface area (Å²) in [6.07, 6.45) is 3.35. The molecule has 0 saturated carbocycles. The van der Waals surface area contributed by atoms with Gasteiger partial charge in [-0.3, -0.25) is 4.79 Å². The zero-order chi connectivity index (χ0) is 16.4. The van der Waals surface area contributed by atoms with Gasteiger partial charge >= 0.3 is 5.69 Å². The van der Waals surface area contributed by atoms with E-state index in [4.69, 9.17) is 0 Å². The number of rotatable bonds is 4. The van der Waals surface area contributed by atoms with Gasteiger partial charge in [0, 0.05) is 5.56 Å². The van der Waals surface area contributed by atoms with Gasteiger partial charge in [-0.25, -0.2) is 4.79 Å². The van der Waals surface area contributed by atoms with Crippen molar-refractivity contribution in [1.82, 2.24) is 9.97 Å². The molecule has 0 saturated heterocycles. The number of hydrogen-bond acceptors (Lipinski definition) is 2. The first-order chi connectivity index (χ1) is 11.0. The molecule has 0 fully saturated rings. The van der Waals surface area contributed by atoms with Gasteiger partial charge in [-0.1, -0.05) is 44.2 Å². The summed E-state index contributed by atoms with van der Waals surface area (Å²) >= 11 is 0. The van der Waals surface area contributed by atoms with E-state index in [2.05, 4.69) is 35.9 Å². The molecule has 3 rings (SSSR count). The molecule has 0 aliphatic carbocycles. The Hall–Kier alpha value is -2.88. The lowest BCUT2D eigenvalue weighted by molar-refractivity contribution is 0.104. The summed E-state index contributed by atoms with van der Waals surface area (Å²) in [6.45, 7) is 4.30. The van der Waals surface area contributed by atoms with Crippen molar-refractivity contribution in [3.05, 3.63) is 75.7 Å². The van der Waals surface area contributed by atoms with E-state index in [9.17, 15) is 9.59 Å². The van der Waals surface area contributed by atoms with E-state index in [0.717, 1.165) is 5.56 Å². The molecule has 3 aromatic rings. The summed E-state index contributed by atoms with van der Waals surface area (Å²) in [4.78, 5) is 28.8. The van der Waals surface area contributed by atoms with Crippen LogP contribution in [-0.4, -0.2) is 15.8 Å². The highest BCUT2D eigenvalue weighted by Crippen LogP contribution is 2.16. The zero-order valence-corrected chi connectivity index (χ0v) is 13.1. The number of carbonyl (C=O) groups is 1. The van der Waals surface area contributed by atoms with Gasteiger partial charge in [-0.2, -0.15) is 0 Å². The predicted octanol–water partition coefficient (Wildman–Crippen LogP) is 3.88. The second-order valence-corrected chi connectivity index (χ2v) is 5.86. The fourth-order valence-corrected chi connectivity index (χ4v) is 2.45. The predicted molar refractivity (Wildman–Crippen MR) is 92.8 cm³/mol. The third-order valence-corrected chi connectivity index (χ3v) is 3.83.